The smallest absolute Gasteiger partial charge is 0.256 e. The van der Waals surface area contributed by atoms with Crippen LogP contribution in [0, 0.1) is 0 Å². The molecule has 0 saturated heterocycles. The van der Waals surface area contributed by atoms with E-state index in [-0.39, 0.29) is 17.6 Å². The zero-order chi connectivity index (χ0) is 15.6. The fourth-order valence-electron chi connectivity index (χ4n) is 2.66. The number of rotatable bonds is 4. The Morgan fingerprint density at radius 1 is 0.952 bits per heavy atom. The van der Waals surface area contributed by atoms with Crippen molar-refractivity contribution in [3.05, 3.63) is 69.6 Å². The first kappa shape index (κ1) is 15.5. The topological polar surface area (TPSA) is 48.0 Å². The van der Waals surface area contributed by atoms with Crippen LogP contribution < -0.4 is 11.3 Å². The van der Waals surface area contributed by atoms with E-state index in [0.29, 0.717) is 11.5 Å². The van der Waals surface area contributed by atoms with E-state index in [1.165, 1.54) is 0 Å². The summed E-state index contributed by atoms with van der Waals surface area (Å²) >= 11 is 0. The Labute approximate surface area is 126 Å². The average Bonchev–Trinajstić information content (AvgIpc) is 2.46. The van der Waals surface area contributed by atoms with Crippen molar-refractivity contribution in [2.24, 2.45) is 5.73 Å². The van der Waals surface area contributed by atoms with Crippen LogP contribution in [0.1, 0.15) is 62.5 Å². The van der Waals surface area contributed by atoms with Gasteiger partial charge in [-0.1, -0.05) is 44.2 Å². The zero-order valence-electron chi connectivity index (χ0n) is 13.2. The van der Waals surface area contributed by atoms with Gasteiger partial charge in [-0.05, 0) is 37.5 Å². The van der Waals surface area contributed by atoms with Gasteiger partial charge in [0.2, 0.25) is 0 Å². The third-order valence-corrected chi connectivity index (χ3v) is 3.78. The first-order valence-electron chi connectivity index (χ1n) is 7.49. The highest BCUT2D eigenvalue weighted by Gasteiger charge is 2.18. The fourth-order valence-corrected chi connectivity index (χ4v) is 2.66. The summed E-state index contributed by atoms with van der Waals surface area (Å²) in [5, 5.41) is 0. The first-order valence-corrected chi connectivity index (χ1v) is 7.49. The predicted octanol–water partition coefficient (Wildman–Crippen LogP) is 3.60. The summed E-state index contributed by atoms with van der Waals surface area (Å²) in [6, 6.07) is 13.4. The number of pyridine rings is 1. The largest absolute Gasteiger partial charge is 0.320 e. The number of aromatic nitrogens is 1. The van der Waals surface area contributed by atoms with E-state index in [4.69, 9.17) is 5.73 Å². The summed E-state index contributed by atoms with van der Waals surface area (Å²) in [4.78, 5) is 12.8. The molecule has 0 radical (unpaired) electrons. The second kappa shape index (κ2) is 6.27. The molecular formula is C18H24N2O. The van der Waals surface area contributed by atoms with Gasteiger partial charge in [-0.3, -0.25) is 4.79 Å². The Morgan fingerprint density at radius 2 is 1.57 bits per heavy atom. The van der Waals surface area contributed by atoms with Gasteiger partial charge in [0.05, 0.1) is 6.04 Å². The van der Waals surface area contributed by atoms with E-state index in [0.717, 1.165) is 11.3 Å². The van der Waals surface area contributed by atoms with Crippen molar-refractivity contribution in [3.8, 4) is 0 Å². The molecule has 1 atom stereocenters. The van der Waals surface area contributed by atoms with Gasteiger partial charge in [0.15, 0.2) is 0 Å². The molecule has 1 aromatic heterocycles. The SMILES string of the molecule is CC(C)c1ccc(C(N)c2ccccc2)c(=O)n1C(C)C. The summed E-state index contributed by atoms with van der Waals surface area (Å²) in [5.41, 5.74) is 8.99. The second-order valence-corrected chi connectivity index (χ2v) is 6.03. The minimum atomic E-state index is -0.384. The van der Waals surface area contributed by atoms with Gasteiger partial charge in [0.25, 0.3) is 5.56 Å². The van der Waals surface area contributed by atoms with E-state index >= 15 is 0 Å². The van der Waals surface area contributed by atoms with Crippen LogP contribution in [0.4, 0.5) is 0 Å². The molecule has 0 bridgehead atoms. The highest BCUT2D eigenvalue weighted by molar-refractivity contribution is 5.31. The van der Waals surface area contributed by atoms with E-state index in [1.54, 1.807) is 0 Å². The molecule has 0 amide bonds. The van der Waals surface area contributed by atoms with Gasteiger partial charge in [0.1, 0.15) is 0 Å². The third-order valence-electron chi connectivity index (χ3n) is 3.78. The minimum Gasteiger partial charge on any atom is -0.320 e. The molecule has 21 heavy (non-hydrogen) atoms. The number of nitrogens with two attached hydrogens (primary N) is 1. The Kier molecular flexibility index (Phi) is 4.63. The molecule has 2 aromatic rings. The van der Waals surface area contributed by atoms with Gasteiger partial charge in [0, 0.05) is 17.3 Å². The molecule has 0 fully saturated rings. The summed E-state index contributed by atoms with van der Waals surface area (Å²) in [7, 11) is 0. The van der Waals surface area contributed by atoms with E-state index in [1.807, 2.05) is 60.9 Å². The Hall–Kier alpha value is -1.87. The number of nitrogens with zero attached hydrogens (tertiary/aromatic N) is 1. The van der Waals surface area contributed by atoms with E-state index in [2.05, 4.69) is 13.8 Å². The first-order chi connectivity index (χ1) is 9.93. The van der Waals surface area contributed by atoms with Crippen LogP contribution in [0.5, 0.6) is 0 Å². The minimum absolute atomic E-state index is 0.0209. The lowest BCUT2D eigenvalue weighted by atomic mass is 9.99. The van der Waals surface area contributed by atoms with Gasteiger partial charge >= 0.3 is 0 Å². The molecule has 2 N–H and O–H groups in total. The normalized spacial score (nSPS) is 12.9. The quantitative estimate of drug-likeness (QED) is 0.932. The predicted molar refractivity (Wildman–Crippen MR) is 87.6 cm³/mol. The van der Waals surface area contributed by atoms with E-state index < -0.39 is 0 Å². The summed E-state index contributed by atoms with van der Waals surface area (Å²) < 4.78 is 1.86. The molecule has 0 spiro atoms. The monoisotopic (exact) mass is 284 g/mol. The zero-order valence-corrected chi connectivity index (χ0v) is 13.2. The van der Waals surface area contributed by atoms with Crippen molar-refractivity contribution in [1.29, 1.82) is 0 Å². The lowest BCUT2D eigenvalue weighted by Gasteiger charge is -2.22. The number of hydrogen-bond donors (Lipinski definition) is 1. The summed E-state index contributed by atoms with van der Waals surface area (Å²) in [6.07, 6.45) is 0. The van der Waals surface area contributed by atoms with Gasteiger partial charge in [-0.25, -0.2) is 0 Å². The van der Waals surface area contributed by atoms with Gasteiger partial charge in [-0.15, -0.1) is 0 Å². The molecule has 3 nitrogen and oxygen atoms in total. The molecule has 0 aliphatic heterocycles. The van der Waals surface area contributed by atoms with Crippen LogP contribution in [-0.4, -0.2) is 4.57 Å². The van der Waals surface area contributed by atoms with E-state index in [9.17, 15) is 4.79 Å². The second-order valence-electron chi connectivity index (χ2n) is 6.03. The Balaban J connectivity index is 2.57. The van der Waals surface area contributed by atoms with Crippen molar-refractivity contribution in [2.75, 3.05) is 0 Å². The number of benzene rings is 1. The van der Waals surface area contributed by atoms with Gasteiger partial charge < -0.3 is 10.3 Å². The molecule has 112 valence electrons. The Morgan fingerprint density at radius 3 is 2.10 bits per heavy atom. The summed E-state index contributed by atoms with van der Waals surface area (Å²) in [5.74, 6) is 0.307. The van der Waals surface area contributed by atoms with Crippen molar-refractivity contribution in [3.63, 3.8) is 0 Å². The van der Waals surface area contributed by atoms with Crippen LogP contribution >= 0.6 is 0 Å². The lowest BCUT2D eigenvalue weighted by Crippen LogP contribution is -2.32. The fraction of sp³-hybridized carbons (Fsp3) is 0.389. The molecule has 0 aliphatic carbocycles. The molecular weight excluding hydrogens is 260 g/mol. The molecule has 2 rings (SSSR count). The molecule has 1 unspecified atom stereocenters. The van der Waals surface area contributed by atoms with Gasteiger partial charge in [-0.2, -0.15) is 0 Å². The maximum absolute atomic E-state index is 12.8. The summed E-state index contributed by atoms with van der Waals surface area (Å²) in [6.45, 7) is 8.27. The van der Waals surface area contributed by atoms with Crippen molar-refractivity contribution in [2.45, 2.75) is 45.7 Å². The van der Waals surface area contributed by atoms with Crippen LogP contribution in [0.2, 0.25) is 0 Å². The standard InChI is InChI=1S/C18H24N2O/c1-12(2)16-11-10-15(18(21)20(16)13(3)4)17(19)14-8-6-5-7-9-14/h5-13,17H,19H2,1-4H3. The Bertz CT molecular complexity index is 657. The lowest BCUT2D eigenvalue weighted by molar-refractivity contribution is 0.528. The third kappa shape index (κ3) is 3.08. The van der Waals surface area contributed by atoms with Crippen LogP contribution in [-0.2, 0) is 0 Å². The molecule has 1 aromatic carbocycles. The molecule has 1 heterocycles. The van der Waals surface area contributed by atoms with Crippen molar-refractivity contribution < 1.29 is 0 Å². The maximum Gasteiger partial charge on any atom is 0.256 e. The number of hydrogen-bond acceptors (Lipinski definition) is 2. The highest BCUT2D eigenvalue weighted by Crippen LogP contribution is 2.21. The van der Waals surface area contributed by atoms with Crippen molar-refractivity contribution in [1.82, 2.24) is 4.57 Å². The van der Waals surface area contributed by atoms with Crippen LogP contribution in [0.3, 0.4) is 0 Å². The molecule has 0 saturated carbocycles. The van der Waals surface area contributed by atoms with Crippen LogP contribution in [0.15, 0.2) is 47.3 Å². The average molecular weight is 284 g/mol. The highest BCUT2D eigenvalue weighted by atomic mass is 16.1. The van der Waals surface area contributed by atoms with Crippen LogP contribution in [0.25, 0.3) is 0 Å². The maximum atomic E-state index is 12.8. The molecule has 3 heteroatoms. The molecule has 0 aliphatic rings. The van der Waals surface area contributed by atoms with Crippen molar-refractivity contribution >= 4 is 0 Å².